The largest absolute Gasteiger partial charge is 0.393 e. The van der Waals surface area contributed by atoms with Crippen LogP contribution in [0.25, 0.3) is 0 Å². The molecule has 122 valence electrons. The number of hydrogen-bond acceptors (Lipinski definition) is 3. The summed E-state index contributed by atoms with van der Waals surface area (Å²) < 4.78 is 0. The number of benzene rings is 1. The number of nitrogens with zero attached hydrogens (tertiary/aromatic N) is 1. The fraction of sp³-hybridized carbons (Fsp3) is 0.368. The molecule has 2 atom stereocenters. The average molecular weight is 312 g/mol. The Hall–Kier alpha value is -2.20. The Kier molecular flexibility index (Phi) is 6.29. The molecule has 2 N–H and O–H groups in total. The third kappa shape index (κ3) is 5.83. The van der Waals surface area contributed by atoms with Gasteiger partial charge in [-0.1, -0.05) is 36.4 Å². The van der Waals surface area contributed by atoms with Crippen molar-refractivity contribution in [3.63, 3.8) is 0 Å². The van der Waals surface area contributed by atoms with E-state index in [1.165, 1.54) is 0 Å². The van der Waals surface area contributed by atoms with Crippen LogP contribution >= 0.6 is 0 Å². The first-order valence-corrected chi connectivity index (χ1v) is 7.96. The fourth-order valence-corrected chi connectivity index (χ4v) is 2.56. The van der Waals surface area contributed by atoms with Crippen molar-refractivity contribution in [2.45, 2.75) is 38.7 Å². The van der Waals surface area contributed by atoms with Crippen LogP contribution in [0.15, 0.2) is 48.7 Å². The number of aryl methyl sites for hydroxylation is 1. The second kappa shape index (κ2) is 8.44. The van der Waals surface area contributed by atoms with Gasteiger partial charge in [0.15, 0.2) is 0 Å². The highest BCUT2D eigenvalue weighted by Gasteiger charge is 2.15. The molecule has 2 unspecified atom stereocenters. The lowest BCUT2D eigenvalue weighted by atomic mass is 9.93. The normalized spacial score (nSPS) is 13.3. The summed E-state index contributed by atoms with van der Waals surface area (Å²) in [7, 11) is 0. The van der Waals surface area contributed by atoms with Crippen molar-refractivity contribution in [2.75, 3.05) is 6.54 Å². The Labute approximate surface area is 137 Å². The average Bonchev–Trinajstić information content (AvgIpc) is 2.54. The Balaban J connectivity index is 1.92. The smallest absolute Gasteiger partial charge is 0.224 e. The van der Waals surface area contributed by atoms with Crippen LogP contribution in [-0.4, -0.2) is 28.6 Å². The van der Waals surface area contributed by atoms with Gasteiger partial charge in [-0.3, -0.25) is 9.78 Å². The van der Waals surface area contributed by atoms with E-state index in [-0.39, 0.29) is 11.8 Å². The molecule has 1 amide bonds. The van der Waals surface area contributed by atoms with Gasteiger partial charge in [0.05, 0.1) is 12.5 Å². The number of rotatable bonds is 7. The van der Waals surface area contributed by atoms with E-state index in [1.807, 2.05) is 49.4 Å². The summed E-state index contributed by atoms with van der Waals surface area (Å²) in [5.74, 6) is 0.0819. The van der Waals surface area contributed by atoms with Gasteiger partial charge >= 0.3 is 0 Å². The van der Waals surface area contributed by atoms with E-state index in [2.05, 4.69) is 10.3 Å². The molecule has 0 aliphatic rings. The summed E-state index contributed by atoms with van der Waals surface area (Å²) in [5.41, 5.74) is 2.97. The number of carbonyl (C=O) groups excluding carboxylic acids is 1. The van der Waals surface area contributed by atoms with Gasteiger partial charge < -0.3 is 10.4 Å². The summed E-state index contributed by atoms with van der Waals surface area (Å²) in [4.78, 5) is 16.3. The van der Waals surface area contributed by atoms with Crippen molar-refractivity contribution in [1.29, 1.82) is 0 Å². The molecule has 4 heteroatoms. The third-order valence-corrected chi connectivity index (χ3v) is 3.78. The molecule has 0 spiro atoms. The monoisotopic (exact) mass is 312 g/mol. The van der Waals surface area contributed by atoms with Crippen LogP contribution in [0.2, 0.25) is 0 Å². The van der Waals surface area contributed by atoms with Crippen LogP contribution in [0.1, 0.15) is 36.1 Å². The SMILES string of the molecule is Cc1ccc(CC(=O)NCC(CC(C)O)c2ccccc2)cn1. The van der Waals surface area contributed by atoms with Crippen LogP contribution in [0.3, 0.4) is 0 Å². The van der Waals surface area contributed by atoms with Gasteiger partial charge in [-0.25, -0.2) is 0 Å². The minimum Gasteiger partial charge on any atom is -0.393 e. The second-order valence-corrected chi connectivity index (χ2v) is 5.98. The maximum absolute atomic E-state index is 12.1. The molecule has 0 saturated heterocycles. The zero-order valence-corrected chi connectivity index (χ0v) is 13.7. The van der Waals surface area contributed by atoms with E-state index in [9.17, 15) is 9.90 Å². The number of nitrogens with one attached hydrogen (secondary N) is 1. The molecular weight excluding hydrogens is 288 g/mol. The molecule has 1 heterocycles. The summed E-state index contributed by atoms with van der Waals surface area (Å²) in [6.45, 7) is 4.22. The molecule has 0 aliphatic heterocycles. The van der Waals surface area contributed by atoms with Gasteiger partial charge in [0.1, 0.15) is 0 Å². The molecule has 0 saturated carbocycles. The molecule has 2 rings (SSSR count). The van der Waals surface area contributed by atoms with Crippen molar-refractivity contribution in [2.24, 2.45) is 0 Å². The second-order valence-electron chi connectivity index (χ2n) is 5.98. The van der Waals surface area contributed by atoms with Crippen LogP contribution in [0.4, 0.5) is 0 Å². The summed E-state index contributed by atoms with van der Waals surface area (Å²) in [6, 6.07) is 13.8. The first kappa shape index (κ1) is 17.2. The third-order valence-electron chi connectivity index (χ3n) is 3.78. The van der Waals surface area contributed by atoms with Crippen molar-refractivity contribution in [1.82, 2.24) is 10.3 Å². The van der Waals surface area contributed by atoms with Gasteiger partial charge in [0, 0.05) is 24.4 Å². The molecule has 0 fully saturated rings. The summed E-state index contributed by atoms with van der Waals surface area (Å²) in [6.07, 6.45) is 2.28. The van der Waals surface area contributed by atoms with Gasteiger partial charge in [0.2, 0.25) is 5.91 Å². The maximum Gasteiger partial charge on any atom is 0.224 e. The molecule has 0 bridgehead atoms. The van der Waals surface area contributed by atoms with Gasteiger partial charge in [0.25, 0.3) is 0 Å². The van der Waals surface area contributed by atoms with Gasteiger partial charge in [-0.15, -0.1) is 0 Å². The molecule has 1 aromatic heterocycles. The molecule has 2 aromatic rings. The van der Waals surface area contributed by atoms with Crippen LogP contribution < -0.4 is 5.32 Å². The van der Waals surface area contributed by atoms with E-state index >= 15 is 0 Å². The Morgan fingerprint density at radius 1 is 1.22 bits per heavy atom. The number of aliphatic hydroxyl groups excluding tert-OH is 1. The first-order chi connectivity index (χ1) is 11.0. The first-order valence-electron chi connectivity index (χ1n) is 7.96. The van der Waals surface area contributed by atoms with Crippen LogP contribution in [0, 0.1) is 6.92 Å². The standard InChI is InChI=1S/C19H24N2O2/c1-14-8-9-16(12-20-14)11-19(23)21-13-18(10-15(2)22)17-6-4-3-5-7-17/h3-9,12,15,18,22H,10-11,13H2,1-2H3,(H,21,23). The van der Waals surface area contributed by atoms with Crippen LogP contribution in [0.5, 0.6) is 0 Å². The quantitative estimate of drug-likeness (QED) is 0.826. The topological polar surface area (TPSA) is 62.2 Å². The zero-order chi connectivity index (χ0) is 16.7. The molecule has 4 nitrogen and oxygen atoms in total. The Morgan fingerprint density at radius 2 is 1.96 bits per heavy atom. The number of hydrogen-bond donors (Lipinski definition) is 2. The number of amides is 1. The molecule has 1 aromatic carbocycles. The lowest BCUT2D eigenvalue weighted by molar-refractivity contribution is -0.120. The lowest BCUT2D eigenvalue weighted by Gasteiger charge is -2.19. The predicted molar refractivity (Wildman–Crippen MR) is 91.2 cm³/mol. The molecule has 0 radical (unpaired) electrons. The number of aromatic nitrogens is 1. The summed E-state index contributed by atoms with van der Waals surface area (Å²) >= 11 is 0. The minimum absolute atomic E-state index is 0.0258. The lowest BCUT2D eigenvalue weighted by Crippen LogP contribution is -2.30. The zero-order valence-electron chi connectivity index (χ0n) is 13.7. The van der Waals surface area contributed by atoms with E-state index in [0.29, 0.717) is 19.4 Å². The number of pyridine rings is 1. The van der Waals surface area contributed by atoms with E-state index < -0.39 is 6.10 Å². The summed E-state index contributed by atoms with van der Waals surface area (Å²) in [5, 5.41) is 12.7. The highest BCUT2D eigenvalue weighted by molar-refractivity contribution is 5.78. The number of aliphatic hydroxyl groups is 1. The van der Waals surface area contributed by atoms with Crippen molar-refractivity contribution >= 4 is 5.91 Å². The van der Waals surface area contributed by atoms with Gasteiger partial charge in [-0.05, 0) is 37.5 Å². The van der Waals surface area contributed by atoms with Crippen molar-refractivity contribution < 1.29 is 9.90 Å². The highest BCUT2D eigenvalue weighted by atomic mass is 16.3. The fourth-order valence-electron chi connectivity index (χ4n) is 2.56. The van der Waals surface area contributed by atoms with E-state index in [1.54, 1.807) is 13.1 Å². The molecular formula is C19H24N2O2. The van der Waals surface area contributed by atoms with Gasteiger partial charge in [-0.2, -0.15) is 0 Å². The van der Waals surface area contributed by atoms with Crippen molar-refractivity contribution in [3.8, 4) is 0 Å². The van der Waals surface area contributed by atoms with E-state index in [4.69, 9.17) is 0 Å². The molecule has 23 heavy (non-hydrogen) atoms. The highest BCUT2D eigenvalue weighted by Crippen LogP contribution is 2.20. The number of carbonyl (C=O) groups is 1. The van der Waals surface area contributed by atoms with E-state index in [0.717, 1.165) is 16.8 Å². The minimum atomic E-state index is -0.404. The predicted octanol–water partition coefficient (Wildman–Crippen LogP) is 2.60. The van der Waals surface area contributed by atoms with Crippen molar-refractivity contribution in [3.05, 3.63) is 65.5 Å². The Morgan fingerprint density at radius 3 is 2.57 bits per heavy atom. The van der Waals surface area contributed by atoms with Crippen LogP contribution in [-0.2, 0) is 11.2 Å². The molecule has 0 aliphatic carbocycles. The maximum atomic E-state index is 12.1. The Bertz CT molecular complexity index is 609.